The molecular weight excluding hydrogens is 512 g/mol. The topological polar surface area (TPSA) is 35.6 Å². The molecule has 0 aliphatic rings. The van der Waals surface area contributed by atoms with Gasteiger partial charge in [-0.1, -0.05) is 103 Å². The molecule has 0 fully saturated rings. The van der Waals surface area contributed by atoms with Gasteiger partial charge in [-0.2, -0.15) is 0 Å². The smallest absolute Gasteiger partial charge is 0.235 e. The first-order valence-corrected chi connectivity index (χ1v) is 14.2. The Morgan fingerprint density at radius 3 is 2.12 bits per heavy atom. The van der Waals surface area contributed by atoms with Crippen LogP contribution >= 0.6 is 0 Å². The predicted octanol–water partition coefficient (Wildman–Crippen LogP) is 9.49. The fourth-order valence-electron chi connectivity index (χ4n) is 6.50. The number of rotatable bonds is 3. The highest BCUT2D eigenvalue weighted by atomic mass is 15.2. The van der Waals surface area contributed by atoms with Crippen LogP contribution in [0.4, 0.5) is 0 Å². The molecule has 9 aromatic rings. The highest BCUT2D eigenvalue weighted by Gasteiger charge is 2.20. The molecule has 0 aliphatic carbocycles. The molecule has 0 radical (unpaired) electrons. The van der Waals surface area contributed by atoms with Crippen molar-refractivity contribution in [3.63, 3.8) is 0 Å². The Morgan fingerprint density at radius 2 is 1.21 bits per heavy atom. The van der Waals surface area contributed by atoms with E-state index in [1.54, 1.807) is 0 Å². The third kappa shape index (κ3) is 3.29. The van der Waals surface area contributed by atoms with Crippen molar-refractivity contribution >= 4 is 54.4 Å². The minimum Gasteiger partial charge on any atom is -0.316 e. The second-order valence-corrected chi connectivity index (χ2v) is 10.7. The van der Waals surface area contributed by atoms with E-state index in [9.17, 15) is 0 Å². The van der Waals surface area contributed by atoms with E-state index in [0.29, 0.717) is 5.95 Å². The van der Waals surface area contributed by atoms with Gasteiger partial charge >= 0.3 is 0 Å². The molecule has 0 N–H and O–H groups in total. The van der Waals surface area contributed by atoms with Gasteiger partial charge in [0.2, 0.25) is 5.95 Å². The molecular formula is C38H24N4. The van der Waals surface area contributed by atoms with Crippen molar-refractivity contribution in [2.45, 2.75) is 0 Å². The molecule has 0 aliphatic heterocycles. The van der Waals surface area contributed by atoms with Crippen LogP contribution in [0, 0.1) is 0 Å². The van der Waals surface area contributed by atoms with Gasteiger partial charge in [0.25, 0.3) is 0 Å². The number of para-hydroxylation sites is 3. The Hall–Kier alpha value is -5.74. The van der Waals surface area contributed by atoms with E-state index in [1.165, 1.54) is 32.4 Å². The van der Waals surface area contributed by atoms with E-state index < -0.39 is 0 Å². The van der Waals surface area contributed by atoms with Crippen molar-refractivity contribution in [1.82, 2.24) is 19.1 Å². The molecule has 3 heterocycles. The largest absolute Gasteiger partial charge is 0.316 e. The molecule has 196 valence electrons. The minimum atomic E-state index is 0.667. The van der Waals surface area contributed by atoms with Crippen LogP contribution in [-0.2, 0) is 0 Å². The van der Waals surface area contributed by atoms with Gasteiger partial charge in [0, 0.05) is 39.0 Å². The highest BCUT2D eigenvalue weighted by Crippen LogP contribution is 2.39. The quantitative estimate of drug-likeness (QED) is 0.225. The van der Waals surface area contributed by atoms with E-state index >= 15 is 0 Å². The average Bonchev–Trinajstić information content (AvgIpc) is 3.64. The lowest BCUT2D eigenvalue weighted by atomic mass is 9.99. The molecule has 4 nitrogen and oxygen atoms in total. The molecule has 0 amide bonds. The van der Waals surface area contributed by atoms with E-state index in [1.807, 2.05) is 6.07 Å². The van der Waals surface area contributed by atoms with Crippen LogP contribution in [0.1, 0.15) is 0 Å². The fourth-order valence-corrected chi connectivity index (χ4v) is 6.50. The lowest BCUT2D eigenvalue weighted by Crippen LogP contribution is -2.03. The zero-order valence-electron chi connectivity index (χ0n) is 22.6. The first kappa shape index (κ1) is 23.0. The maximum absolute atomic E-state index is 5.36. The molecule has 0 saturated heterocycles. The monoisotopic (exact) mass is 536 g/mol. The Kier molecular flexibility index (Phi) is 4.87. The normalized spacial score (nSPS) is 11.8. The zero-order chi connectivity index (χ0) is 27.6. The second-order valence-electron chi connectivity index (χ2n) is 10.7. The summed E-state index contributed by atoms with van der Waals surface area (Å²) in [5, 5.41) is 6.99. The zero-order valence-corrected chi connectivity index (χ0v) is 22.6. The number of benzene rings is 6. The Labute approximate surface area is 241 Å². The molecule has 6 aromatic carbocycles. The van der Waals surface area contributed by atoms with Crippen molar-refractivity contribution in [1.29, 1.82) is 0 Å². The van der Waals surface area contributed by atoms with Crippen LogP contribution in [-0.4, -0.2) is 19.1 Å². The summed E-state index contributed by atoms with van der Waals surface area (Å²) in [5.41, 5.74) is 7.45. The molecule has 3 aromatic heterocycles. The van der Waals surface area contributed by atoms with Gasteiger partial charge in [0.05, 0.1) is 27.8 Å². The summed E-state index contributed by atoms with van der Waals surface area (Å²) in [6, 6.07) is 49.0. The molecule has 0 spiro atoms. The first-order chi connectivity index (χ1) is 20.8. The lowest BCUT2D eigenvalue weighted by Gasteiger charge is -2.13. The van der Waals surface area contributed by atoms with Crippen LogP contribution in [0.15, 0.2) is 146 Å². The lowest BCUT2D eigenvalue weighted by molar-refractivity contribution is 1.01. The van der Waals surface area contributed by atoms with Crippen LogP contribution in [0.25, 0.3) is 77.3 Å². The standard InChI is InChI=1S/C38H24N4/c1-2-13-27(14-3-1)41-24-23-26-21-22-34-35(37(26)41)31-17-7-9-20-33(31)42(34)38-39-32-19-8-6-16-30(32)36(40-38)29-18-10-12-25-11-4-5-15-28(25)29/h1-24H. The van der Waals surface area contributed by atoms with Gasteiger partial charge in [-0.05, 0) is 47.2 Å². The van der Waals surface area contributed by atoms with E-state index in [2.05, 4.69) is 149 Å². The predicted molar refractivity (Wildman–Crippen MR) is 174 cm³/mol. The van der Waals surface area contributed by atoms with E-state index in [4.69, 9.17) is 9.97 Å². The van der Waals surface area contributed by atoms with Crippen molar-refractivity contribution in [3.05, 3.63) is 146 Å². The number of nitrogens with zero attached hydrogens (tertiary/aromatic N) is 4. The average molecular weight is 537 g/mol. The third-order valence-corrected chi connectivity index (χ3v) is 8.36. The van der Waals surface area contributed by atoms with Crippen LogP contribution in [0.5, 0.6) is 0 Å². The molecule has 0 atom stereocenters. The number of hydrogen-bond donors (Lipinski definition) is 0. The van der Waals surface area contributed by atoms with Crippen molar-refractivity contribution in [3.8, 4) is 22.9 Å². The van der Waals surface area contributed by atoms with E-state index in [0.717, 1.165) is 38.9 Å². The van der Waals surface area contributed by atoms with Crippen LogP contribution in [0.3, 0.4) is 0 Å². The van der Waals surface area contributed by atoms with Crippen molar-refractivity contribution < 1.29 is 0 Å². The number of hydrogen-bond acceptors (Lipinski definition) is 2. The second kappa shape index (κ2) is 8.88. The van der Waals surface area contributed by atoms with Crippen LogP contribution < -0.4 is 0 Å². The Morgan fingerprint density at radius 1 is 0.476 bits per heavy atom. The summed E-state index contributed by atoms with van der Waals surface area (Å²) in [5.74, 6) is 0.667. The van der Waals surface area contributed by atoms with Gasteiger partial charge < -0.3 is 4.57 Å². The molecule has 42 heavy (non-hydrogen) atoms. The van der Waals surface area contributed by atoms with Gasteiger partial charge in [-0.25, -0.2) is 9.97 Å². The summed E-state index contributed by atoms with van der Waals surface area (Å²) < 4.78 is 4.52. The molecule has 0 saturated carbocycles. The van der Waals surface area contributed by atoms with Gasteiger partial charge in [-0.3, -0.25) is 4.57 Å². The maximum atomic E-state index is 5.36. The molecule has 0 bridgehead atoms. The number of aromatic nitrogens is 4. The van der Waals surface area contributed by atoms with Gasteiger partial charge in [0.15, 0.2) is 0 Å². The highest BCUT2D eigenvalue weighted by molar-refractivity contribution is 6.20. The summed E-state index contributed by atoms with van der Waals surface area (Å²) in [7, 11) is 0. The molecule has 9 rings (SSSR count). The fraction of sp³-hybridized carbons (Fsp3) is 0. The number of fused-ring (bicyclic) bond motifs is 7. The van der Waals surface area contributed by atoms with Crippen molar-refractivity contribution in [2.75, 3.05) is 0 Å². The summed E-state index contributed by atoms with van der Waals surface area (Å²) in [4.78, 5) is 10.5. The Balaban J connectivity index is 1.41. The van der Waals surface area contributed by atoms with Crippen molar-refractivity contribution in [2.24, 2.45) is 0 Å². The van der Waals surface area contributed by atoms with E-state index in [-0.39, 0.29) is 0 Å². The first-order valence-electron chi connectivity index (χ1n) is 14.2. The maximum Gasteiger partial charge on any atom is 0.235 e. The summed E-state index contributed by atoms with van der Waals surface area (Å²) >= 11 is 0. The molecule has 0 unspecified atom stereocenters. The summed E-state index contributed by atoms with van der Waals surface area (Å²) in [6.07, 6.45) is 2.16. The van der Waals surface area contributed by atoms with Crippen LogP contribution in [0.2, 0.25) is 0 Å². The summed E-state index contributed by atoms with van der Waals surface area (Å²) in [6.45, 7) is 0. The molecule has 4 heteroatoms. The SMILES string of the molecule is c1ccc(-n2ccc3ccc4c(c5ccccc5n4-c4nc(-c5cccc6ccccc56)c5ccccc5n4)c32)cc1. The third-order valence-electron chi connectivity index (χ3n) is 8.36. The minimum absolute atomic E-state index is 0.667. The Bertz CT molecular complexity index is 2460. The van der Waals surface area contributed by atoms with Gasteiger partial charge in [0.1, 0.15) is 0 Å². The van der Waals surface area contributed by atoms with Gasteiger partial charge in [-0.15, -0.1) is 0 Å².